The molecule has 0 aromatic carbocycles. The maximum atomic E-state index is 5.44. The lowest BCUT2D eigenvalue weighted by atomic mass is 10.3. The number of rotatable bonds is 17. The predicted molar refractivity (Wildman–Crippen MR) is 82.3 cm³/mol. The van der Waals surface area contributed by atoms with Gasteiger partial charge in [-0.1, -0.05) is 39.5 Å². The van der Waals surface area contributed by atoms with Crippen molar-refractivity contribution in [1.82, 2.24) is 0 Å². The third kappa shape index (κ3) is 17.8. The zero-order valence-corrected chi connectivity index (χ0v) is 13.5. The average Bonchev–Trinajstić information content (AvgIpc) is 2.47. The fraction of sp³-hybridized carbons (Fsp3) is 1.00. The highest BCUT2D eigenvalue weighted by Gasteiger charge is 1.93. The van der Waals surface area contributed by atoms with Gasteiger partial charge in [0.15, 0.2) is 0 Å². The second kappa shape index (κ2) is 18.8. The van der Waals surface area contributed by atoms with Gasteiger partial charge in [-0.3, -0.25) is 0 Å². The topological polar surface area (TPSA) is 36.9 Å². The summed E-state index contributed by atoms with van der Waals surface area (Å²) in [4.78, 5) is 0. The van der Waals surface area contributed by atoms with Crippen LogP contribution < -0.4 is 0 Å². The van der Waals surface area contributed by atoms with Gasteiger partial charge in [0.2, 0.25) is 0 Å². The Morgan fingerprint density at radius 1 is 0.400 bits per heavy atom. The van der Waals surface area contributed by atoms with Gasteiger partial charge in [-0.15, -0.1) is 0 Å². The Bertz CT molecular complexity index is 147. The van der Waals surface area contributed by atoms with Crippen LogP contribution in [0, 0.1) is 0 Å². The van der Waals surface area contributed by atoms with Crippen molar-refractivity contribution in [3.8, 4) is 0 Å². The molecule has 0 amide bonds. The molecule has 0 atom stereocenters. The van der Waals surface area contributed by atoms with Gasteiger partial charge < -0.3 is 18.9 Å². The predicted octanol–water partition coefficient (Wildman–Crippen LogP) is 3.43. The van der Waals surface area contributed by atoms with Gasteiger partial charge in [-0.2, -0.15) is 0 Å². The molecule has 4 nitrogen and oxygen atoms in total. The molecule has 0 heterocycles. The first-order valence-electron chi connectivity index (χ1n) is 8.22. The lowest BCUT2D eigenvalue weighted by Crippen LogP contribution is -2.12. The zero-order valence-electron chi connectivity index (χ0n) is 13.5. The van der Waals surface area contributed by atoms with Gasteiger partial charge in [-0.25, -0.2) is 0 Å². The molecule has 0 bridgehead atoms. The van der Waals surface area contributed by atoms with Gasteiger partial charge in [0, 0.05) is 13.2 Å². The van der Waals surface area contributed by atoms with Crippen molar-refractivity contribution < 1.29 is 18.9 Å². The fourth-order valence-electron chi connectivity index (χ4n) is 1.67. The maximum Gasteiger partial charge on any atom is 0.0701 e. The first-order chi connectivity index (χ1) is 9.91. The summed E-state index contributed by atoms with van der Waals surface area (Å²) in [6.07, 6.45) is 7.26. The van der Waals surface area contributed by atoms with Crippen LogP contribution in [0.2, 0.25) is 0 Å². The smallest absolute Gasteiger partial charge is 0.0701 e. The highest BCUT2D eigenvalue weighted by molar-refractivity contribution is 4.39. The molecule has 4 heteroatoms. The van der Waals surface area contributed by atoms with E-state index in [4.69, 9.17) is 18.9 Å². The van der Waals surface area contributed by atoms with Crippen molar-refractivity contribution in [2.75, 3.05) is 52.9 Å². The maximum absolute atomic E-state index is 5.44. The Morgan fingerprint density at radius 3 is 1.00 bits per heavy atom. The Labute approximate surface area is 125 Å². The standard InChI is InChI=1S/C16H34O4/c1-3-5-7-9-17-11-13-19-15-16-20-14-12-18-10-8-6-4-2/h3-16H2,1-2H3. The van der Waals surface area contributed by atoms with Crippen molar-refractivity contribution in [2.24, 2.45) is 0 Å². The molecule has 0 aromatic rings. The highest BCUT2D eigenvalue weighted by atomic mass is 16.6. The molecule has 0 aromatic heterocycles. The molecule has 0 fully saturated rings. The SMILES string of the molecule is CCCCCOCCOCCOCCOCCCCC. The molecule has 122 valence electrons. The van der Waals surface area contributed by atoms with Gasteiger partial charge in [0.05, 0.1) is 39.6 Å². The lowest BCUT2D eigenvalue weighted by Gasteiger charge is -2.07. The van der Waals surface area contributed by atoms with Crippen molar-refractivity contribution >= 4 is 0 Å². The van der Waals surface area contributed by atoms with Gasteiger partial charge in [-0.05, 0) is 12.8 Å². The van der Waals surface area contributed by atoms with E-state index in [2.05, 4.69) is 13.8 Å². The highest BCUT2D eigenvalue weighted by Crippen LogP contribution is 1.94. The van der Waals surface area contributed by atoms with E-state index in [1.54, 1.807) is 0 Å². The van der Waals surface area contributed by atoms with Crippen LogP contribution in [0.5, 0.6) is 0 Å². The number of hydrogen-bond donors (Lipinski definition) is 0. The van der Waals surface area contributed by atoms with E-state index in [-0.39, 0.29) is 0 Å². The number of hydrogen-bond acceptors (Lipinski definition) is 4. The lowest BCUT2D eigenvalue weighted by molar-refractivity contribution is -0.00243. The Kier molecular flexibility index (Phi) is 18.7. The zero-order chi connectivity index (χ0) is 14.7. The van der Waals surface area contributed by atoms with E-state index in [1.165, 1.54) is 25.7 Å². The molecule has 0 aliphatic heterocycles. The molecule has 0 rings (SSSR count). The van der Waals surface area contributed by atoms with E-state index in [0.717, 1.165) is 26.1 Å². The van der Waals surface area contributed by atoms with Crippen LogP contribution in [0.4, 0.5) is 0 Å². The van der Waals surface area contributed by atoms with E-state index >= 15 is 0 Å². The average molecular weight is 290 g/mol. The molecule has 0 spiro atoms. The molecule has 0 N–H and O–H groups in total. The minimum atomic E-state index is 0.633. The Balaban J connectivity index is 2.89. The molecule has 0 radical (unpaired) electrons. The first-order valence-corrected chi connectivity index (χ1v) is 8.22. The van der Waals surface area contributed by atoms with Crippen LogP contribution >= 0.6 is 0 Å². The summed E-state index contributed by atoms with van der Waals surface area (Å²) in [5.74, 6) is 0. The summed E-state index contributed by atoms with van der Waals surface area (Å²) in [5.41, 5.74) is 0. The quantitative estimate of drug-likeness (QED) is 0.385. The molecular formula is C16H34O4. The van der Waals surface area contributed by atoms with E-state index < -0.39 is 0 Å². The van der Waals surface area contributed by atoms with Crippen LogP contribution in [0.15, 0.2) is 0 Å². The monoisotopic (exact) mass is 290 g/mol. The molecule has 0 saturated heterocycles. The number of unbranched alkanes of at least 4 members (excludes halogenated alkanes) is 4. The molecule has 0 aliphatic rings. The van der Waals surface area contributed by atoms with Gasteiger partial charge in [0.25, 0.3) is 0 Å². The summed E-state index contributed by atoms with van der Waals surface area (Å²) in [6.45, 7) is 10.0. The molecular weight excluding hydrogens is 256 g/mol. The van der Waals surface area contributed by atoms with Crippen LogP contribution in [0.25, 0.3) is 0 Å². The summed E-state index contributed by atoms with van der Waals surface area (Å²) in [5, 5.41) is 0. The summed E-state index contributed by atoms with van der Waals surface area (Å²) >= 11 is 0. The first kappa shape index (κ1) is 19.8. The Morgan fingerprint density at radius 2 is 0.700 bits per heavy atom. The largest absolute Gasteiger partial charge is 0.379 e. The van der Waals surface area contributed by atoms with E-state index in [9.17, 15) is 0 Å². The Hall–Kier alpha value is -0.160. The molecule has 20 heavy (non-hydrogen) atoms. The molecule has 0 unspecified atom stereocenters. The third-order valence-electron chi connectivity index (χ3n) is 2.90. The number of ether oxygens (including phenoxy) is 4. The van der Waals surface area contributed by atoms with Crippen molar-refractivity contribution in [3.05, 3.63) is 0 Å². The van der Waals surface area contributed by atoms with Gasteiger partial charge in [0.1, 0.15) is 0 Å². The summed E-state index contributed by atoms with van der Waals surface area (Å²) in [6, 6.07) is 0. The van der Waals surface area contributed by atoms with Crippen LogP contribution in [-0.4, -0.2) is 52.9 Å². The minimum Gasteiger partial charge on any atom is -0.379 e. The van der Waals surface area contributed by atoms with Crippen LogP contribution in [0.3, 0.4) is 0 Å². The third-order valence-corrected chi connectivity index (χ3v) is 2.90. The summed E-state index contributed by atoms with van der Waals surface area (Å²) in [7, 11) is 0. The molecule has 0 aliphatic carbocycles. The van der Waals surface area contributed by atoms with Crippen LogP contribution in [0.1, 0.15) is 52.4 Å². The van der Waals surface area contributed by atoms with Gasteiger partial charge >= 0.3 is 0 Å². The fourth-order valence-corrected chi connectivity index (χ4v) is 1.67. The van der Waals surface area contributed by atoms with E-state index in [1.807, 2.05) is 0 Å². The minimum absolute atomic E-state index is 0.633. The normalized spacial score (nSPS) is 11.1. The summed E-state index contributed by atoms with van der Waals surface area (Å²) < 4.78 is 21.7. The van der Waals surface area contributed by atoms with Crippen molar-refractivity contribution in [1.29, 1.82) is 0 Å². The van der Waals surface area contributed by atoms with Crippen molar-refractivity contribution in [3.63, 3.8) is 0 Å². The molecule has 0 saturated carbocycles. The van der Waals surface area contributed by atoms with Crippen LogP contribution in [-0.2, 0) is 18.9 Å². The van der Waals surface area contributed by atoms with E-state index in [0.29, 0.717) is 39.6 Å². The second-order valence-corrected chi connectivity index (χ2v) is 4.86. The van der Waals surface area contributed by atoms with Crippen molar-refractivity contribution in [2.45, 2.75) is 52.4 Å². The second-order valence-electron chi connectivity index (χ2n) is 4.86.